The number of rotatable bonds is 2. The first-order chi connectivity index (χ1) is 8.61. The van der Waals surface area contributed by atoms with E-state index in [0.717, 1.165) is 29.6 Å². The van der Waals surface area contributed by atoms with Gasteiger partial charge in [-0.25, -0.2) is 4.79 Å². The summed E-state index contributed by atoms with van der Waals surface area (Å²) >= 11 is 0. The van der Waals surface area contributed by atoms with Crippen LogP contribution in [-0.4, -0.2) is 11.1 Å². The van der Waals surface area contributed by atoms with Crippen molar-refractivity contribution >= 4 is 5.97 Å². The number of allylic oxidation sites excluding steroid dienone is 1. The van der Waals surface area contributed by atoms with Gasteiger partial charge >= 0.3 is 5.97 Å². The maximum Gasteiger partial charge on any atom is 0.330 e. The molecule has 2 heteroatoms. The first-order valence-corrected chi connectivity index (χ1v) is 7.53. The summed E-state index contributed by atoms with van der Waals surface area (Å²) in [5.41, 5.74) is 0.858. The topological polar surface area (TPSA) is 37.3 Å². The number of fused-ring (bicyclic) bond motifs is 9. The van der Waals surface area contributed by atoms with Gasteiger partial charge in [-0.1, -0.05) is 6.08 Å². The van der Waals surface area contributed by atoms with Crippen LogP contribution in [0.25, 0.3) is 0 Å². The van der Waals surface area contributed by atoms with Crippen molar-refractivity contribution in [2.75, 3.05) is 0 Å². The summed E-state index contributed by atoms with van der Waals surface area (Å²) < 4.78 is 0. The third-order valence-corrected chi connectivity index (χ3v) is 6.65. The zero-order valence-electron chi connectivity index (χ0n) is 11.1. The molecule has 0 aromatic heterocycles. The summed E-state index contributed by atoms with van der Waals surface area (Å²) in [6.45, 7) is 1.78. The highest BCUT2D eigenvalue weighted by atomic mass is 16.4. The van der Waals surface area contributed by atoms with Crippen LogP contribution < -0.4 is 0 Å². The van der Waals surface area contributed by atoms with E-state index >= 15 is 0 Å². The molecule has 4 aliphatic carbocycles. The van der Waals surface area contributed by atoms with E-state index in [1.54, 1.807) is 6.92 Å². The second-order valence-corrected chi connectivity index (χ2v) is 7.30. The van der Waals surface area contributed by atoms with Crippen LogP contribution in [0.15, 0.2) is 11.6 Å². The molecule has 4 saturated carbocycles. The molecule has 2 nitrogen and oxygen atoms in total. The maximum absolute atomic E-state index is 11.1. The molecule has 0 amide bonds. The molecule has 4 bridgehead atoms. The van der Waals surface area contributed by atoms with Gasteiger partial charge in [0.25, 0.3) is 0 Å². The van der Waals surface area contributed by atoms with Crippen molar-refractivity contribution in [3.05, 3.63) is 11.6 Å². The lowest BCUT2D eigenvalue weighted by Gasteiger charge is -2.40. The molecule has 4 rings (SSSR count). The summed E-state index contributed by atoms with van der Waals surface area (Å²) in [5.74, 6) is 3.90. The number of aliphatic carboxylic acids is 1. The van der Waals surface area contributed by atoms with Crippen molar-refractivity contribution in [1.82, 2.24) is 0 Å². The molecule has 0 spiro atoms. The average Bonchev–Trinajstić information content (AvgIpc) is 3.06. The zero-order chi connectivity index (χ0) is 12.5. The van der Waals surface area contributed by atoms with Gasteiger partial charge in [-0.15, -0.1) is 0 Å². The normalized spacial score (nSPS) is 52.9. The summed E-state index contributed by atoms with van der Waals surface area (Å²) in [5, 5.41) is 9.17. The van der Waals surface area contributed by atoms with Crippen molar-refractivity contribution in [2.45, 2.75) is 45.4 Å². The monoisotopic (exact) mass is 246 g/mol. The van der Waals surface area contributed by atoms with Gasteiger partial charge in [-0.05, 0) is 80.5 Å². The molecule has 98 valence electrons. The van der Waals surface area contributed by atoms with Crippen molar-refractivity contribution in [3.8, 4) is 0 Å². The van der Waals surface area contributed by atoms with Gasteiger partial charge in [0, 0.05) is 5.57 Å². The third kappa shape index (κ3) is 1.22. The Hall–Kier alpha value is -0.790. The molecule has 18 heavy (non-hydrogen) atoms. The van der Waals surface area contributed by atoms with Crippen molar-refractivity contribution < 1.29 is 9.90 Å². The lowest BCUT2D eigenvalue weighted by atomic mass is 9.64. The van der Waals surface area contributed by atoms with Crippen LogP contribution in [-0.2, 0) is 4.79 Å². The maximum atomic E-state index is 11.1. The fourth-order valence-corrected chi connectivity index (χ4v) is 6.36. The lowest BCUT2D eigenvalue weighted by Crippen LogP contribution is -2.34. The van der Waals surface area contributed by atoms with E-state index in [1.165, 1.54) is 38.5 Å². The van der Waals surface area contributed by atoms with Crippen LogP contribution in [0, 0.1) is 35.0 Å². The number of carboxylic acid groups (broad SMARTS) is 1. The van der Waals surface area contributed by atoms with Crippen LogP contribution in [0.2, 0.25) is 0 Å². The Balaban J connectivity index is 1.73. The third-order valence-electron chi connectivity index (χ3n) is 6.65. The Kier molecular flexibility index (Phi) is 2.09. The Morgan fingerprint density at radius 1 is 1.22 bits per heavy atom. The molecule has 4 aliphatic rings. The first-order valence-electron chi connectivity index (χ1n) is 7.53. The van der Waals surface area contributed by atoms with Gasteiger partial charge in [-0.2, -0.15) is 0 Å². The van der Waals surface area contributed by atoms with E-state index in [1.807, 2.05) is 0 Å². The highest BCUT2D eigenvalue weighted by molar-refractivity contribution is 5.86. The summed E-state index contributed by atoms with van der Waals surface area (Å²) in [4.78, 5) is 11.1. The average molecular weight is 246 g/mol. The molecule has 0 heterocycles. The Bertz CT molecular complexity index is 438. The van der Waals surface area contributed by atoms with Crippen molar-refractivity contribution in [2.24, 2.45) is 35.0 Å². The standard InChI is InChI=1S/C16H22O2/c1-9(15(17)18)7-16-5-4-12(8-16)13-10-2-3-11(6-10)14(13)16/h7,10-14H,2-6,8H2,1H3,(H,17,18). The van der Waals surface area contributed by atoms with Crippen LogP contribution >= 0.6 is 0 Å². The molecule has 0 saturated heterocycles. The SMILES string of the molecule is CC(=CC12CCC(C1)C1C3CCC(C3)C12)C(=O)O. The molecule has 0 aromatic rings. The van der Waals surface area contributed by atoms with E-state index < -0.39 is 5.97 Å². The minimum Gasteiger partial charge on any atom is -0.478 e. The van der Waals surface area contributed by atoms with Gasteiger partial charge in [0.1, 0.15) is 0 Å². The highest BCUT2D eigenvalue weighted by Crippen LogP contribution is 2.72. The fraction of sp³-hybridized carbons (Fsp3) is 0.812. The molecule has 6 unspecified atom stereocenters. The smallest absolute Gasteiger partial charge is 0.330 e. The van der Waals surface area contributed by atoms with Crippen LogP contribution in [0.1, 0.15) is 45.4 Å². The predicted molar refractivity (Wildman–Crippen MR) is 69.0 cm³/mol. The van der Waals surface area contributed by atoms with Crippen molar-refractivity contribution in [1.29, 1.82) is 0 Å². The van der Waals surface area contributed by atoms with E-state index in [4.69, 9.17) is 5.11 Å². The van der Waals surface area contributed by atoms with Gasteiger partial charge in [0.2, 0.25) is 0 Å². The Morgan fingerprint density at radius 3 is 2.78 bits per heavy atom. The lowest BCUT2D eigenvalue weighted by molar-refractivity contribution is -0.132. The summed E-state index contributed by atoms with van der Waals surface area (Å²) in [7, 11) is 0. The van der Waals surface area contributed by atoms with Crippen LogP contribution in [0.3, 0.4) is 0 Å². The van der Waals surface area contributed by atoms with E-state index in [9.17, 15) is 4.79 Å². The Labute approximate surface area is 108 Å². The zero-order valence-corrected chi connectivity index (χ0v) is 11.1. The molecule has 0 aromatic carbocycles. The molecule has 6 atom stereocenters. The van der Waals surface area contributed by atoms with E-state index in [-0.39, 0.29) is 5.41 Å². The fourth-order valence-electron chi connectivity index (χ4n) is 6.36. The van der Waals surface area contributed by atoms with Crippen molar-refractivity contribution in [3.63, 3.8) is 0 Å². The minimum absolute atomic E-state index is 0.275. The largest absolute Gasteiger partial charge is 0.478 e. The molecule has 0 radical (unpaired) electrons. The van der Waals surface area contributed by atoms with Gasteiger partial charge < -0.3 is 5.11 Å². The van der Waals surface area contributed by atoms with Crippen LogP contribution in [0.5, 0.6) is 0 Å². The molecule has 4 fully saturated rings. The van der Waals surface area contributed by atoms with E-state index in [2.05, 4.69) is 6.08 Å². The quantitative estimate of drug-likeness (QED) is 0.598. The molecule has 0 aliphatic heterocycles. The summed E-state index contributed by atoms with van der Waals surface area (Å²) in [6.07, 6.45) is 10.4. The predicted octanol–water partition coefficient (Wildman–Crippen LogP) is 3.48. The second kappa shape index (κ2) is 3.40. The molecular weight excluding hydrogens is 224 g/mol. The second-order valence-electron chi connectivity index (χ2n) is 7.30. The van der Waals surface area contributed by atoms with Gasteiger partial charge in [-0.3, -0.25) is 0 Å². The Morgan fingerprint density at radius 2 is 2.00 bits per heavy atom. The number of hydrogen-bond donors (Lipinski definition) is 1. The molecular formula is C16H22O2. The van der Waals surface area contributed by atoms with Crippen LogP contribution in [0.4, 0.5) is 0 Å². The minimum atomic E-state index is -0.723. The van der Waals surface area contributed by atoms with E-state index in [0.29, 0.717) is 5.57 Å². The highest BCUT2D eigenvalue weighted by Gasteiger charge is 2.65. The molecule has 1 N–H and O–H groups in total. The first kappa shape index (κ1) is 11.1. The number of carboxylic acids is 1. The number of hydrogen-bond acceptors (Lipinski definition) is 1. The van der Waals surface area contributed by atoms with Gasteiger partial charge in [0.05, 0.1) is 0 Å². The number of carbonyl (C=O) groups is 1. The van der Waals surface area contributed by atoms with Gasteiger partial charge in [0.15, 0.2) is 0 Å². The summed E-state index contributed by atoms with van der Waals surface area (Å²) in [6, 6.07) is 0.